The van der Waals surface area contributed by atoms with Crippen molar-refractivity contribution >= 4 is 5.96 Å². The molecule has 0 bridgehead atoms. The molecule has 0 aliphatic rings. The molecule has 84 valence electrons. The largest absolute Gasteiger partial charge is 0.370 e. The number of nitrogens with zero attached hydrogens (tertiary/aromatic N) is 1. The Bertz CT molecular complexity index is 145. The zero-order valence-electron chi connectivity index (χ0n) is 9.68. The van der Waals surface area contributed by atoms with Crippen molar-refractivity contribution in [2.45, 2.75) is 52.4 Å². The molecule has 0 saturated carbocycles. The van der Waals surface area contributed by atoms with Crippen LogP contribution in [0.3, 0.4) is 0 Å². The fourth-order valence-corrected chi connectivity index (χ4v) is 1.53. The molecule has 0 aliphatic carbocycles. The van der Waals surface area contributed by atoms with E-state index in [9.17, 15) is 0 Å². The van der Waals surface area contributed by atoms with Crippen molar-refractivity contribution in [2.24, 2.45) is 5.73 Å². The van der Waals surface area contributed by atoms with Gasteiger partial charge in [0.25, 0.3) is 0 Å². The van der Waals surface area contributed by atoms with E-state index in [0.29, 0.717) is 0 Å². The van der Waals surface area contributed by atoms with Crippen molar-refractivity contribution < 1.29 is 0 Å². The zero-order valence-corrected chi connectivity index (χ0v) is 9.68. The Morgan fingerprint density at radius 2 is 1.64 bits per heavy atom. The molecule has 0 atom stereocenters. The smallest absolute Gasteiger partial charge is 0.188 e. The second-order valence-corrected chi connectivity index (χ2v) is 3.73. The maximum atomic E-state index is 7.30. The molecule has 0 fully saturated rings. The summed E-state index contributed by atoms with van der Waals surface area (Å²) in [5.74, 6) is 0.209. The summed E-state index contributed by atoms with van der Waals surface area (Å²) in [7, 11) is 0. The van der Waals surface area contributed by atoms with Crippen LogP contribution in [-0.4, -0.2) is 23.9 Å². The molecule has 0 spiro atoms. The lowest BCUT2D eigenvalue weighted by molar-refractivity contribution is 0.411. The van der Waals surface area contributed by atoms with Gasteiger partial charge in [0.15, 0.2) is 5.96 Å². The first kappa shape index (κ1) is 13.3. The summed E-state index contributed by atoms with van der Waals surface area (Å²) in [5, 5.41) is 7.30. The first-order valence-corrected chi connectivity index (χ1v) is 5.81. The molecule has 0 amide bonds. The maximum absolute atomic E-state index is 7.30. The molecular formula is C11H25N3. The maximum Gasteiger partial charge on any atom is 0.188 e. The van der Waals surface area contributed by atoms with E-state index in [2.05, 4.69) is 6.92 Å². The van der Waals surface area contributed by atoms with Crippen LogP contribution in [0.25, 0.3) is 0 Å². The predicted molar refractivity (Wildman–Crippen MR) is 62.5 cm³/mol. The third-order valence-corrected chi connectivity index (χ3v) is 2.50. The monoisotopic (exact) mass is 199 g/mol. The van der Waals surface area contributed by atoms with Crippen molar-refractivity contribution in [1.82, 2.24) is 4.90 Å². The normalized spacial score (nSPS) is 10.1. The Balaban J connectivity index is 3.29. The molecule has 3 heteroatoms. The molecular weight excluding hydrogens is 174 g/mol. The van der Waals surface area contributed by atoms with E-state index in [1.54, 1.807) is 0 Å². The van der Waals surface area contributed by atoms with Crippen molar-refractivity contribution in [3.05, 3.63) is 0 Å². The van der Waals surface area contributed by atoms with E-state index in [4.69, 9.17) is 11.1 Å². The zero-order chi connectivity index (χ0) is 10.8. The Hall–Kier alpha value is -0.730. The summed E-state index contributed by atoms with van der Waals surface area (Å²) in [6.07, 6.45) is 7.76. The van der Waals surface area contributed by atoms with Crippen LogP contribution in [0.2, 0.25) is 0 Å². The average Bonchev–Trinajstić information content (AvgIpc) is 2.16. The van der Waals surface area contributed by atoms with Gasteiger partial charge in [-0.25, -0.2) is 0 Å². The number of nitrogens with two attached hydrogens (primary N) is 1. The molecule has 3 N–H and O–H groups in total. The van der Waals surface area contributed by atoms with Gasteiger partial charge >= 0.3 is 0 Å². The van der Waals surface area contributed by atoms with E-state index >= 15 is 0 Å². The number of hydrogen-bond donors (Lipinski definition) is 2. The van der Waals surface area contributed by atoms with Gasteiger partial charge in [-0.3, -0.25) is 5.41 Å². The Labute approximate surface area is 88.2 Å². The van der Waals surface area contributed by atoms with E-state index in [1.165, 1.54) is 32.1 Å². The molecule has 0 aromatic rings. The summed E-state index contributed by atoms with van der Waals surface area (Å²) in [6, 6.07) is 0. The summed E-state index contributed by atoms with van der Waals surface area (Å²) in [5.41, 5.74) is 5.42. The molecule has 3 nitrogen and oxygen atoms in total. The third kappa shape index (κ3) is 6.75. The first-order chi connectivity index (χ1) is 6.72. The highest BCUT2D eigenvalue weighted by molar-refractivity contribution is 5.74. The second-order valence-electron chi connectivity index (χ2n) is 3.73. The van der Waals surface area contributed by atoms with Crippen LogP contribution in [0.1, 0.15) is 52.4 Å². The summed E-state index contributed by atoms with van der Waals surface area (Å²) in [4.78, 5) is 1.92. The fraction of sp³-hybridized carbons (Fsp3) is 0.909. The van der Waals surface area contributed by atoms with Crippen LogP contribution >= 0.6 is 0 Å². The molecule has 0 unspecified atom stereocenters. The van der Waals surface area contributed by atoms with Crippen LogP contribution in [0.5, 0.6) is 0 Å². The SMILES string of the molecule is CCCCCCCCN(CC)C(=N)N. The van der Waals surface area contributed by atoms with Gasteiger partial charge in [0.2, 0.25) is 0 Å². The Morgan fingerprint density at radius 1 is 1.07 bits per heavy atom. The molecule has 0 heterocycles. The van der Waals surface area contributed by atoms with Gasteiger partial charge in [0.1, 0.15) is 0 Å². The van der Waals surface area contributed by atoms with E-state index < -0.39 is 0 Å². The number of rotatable bonds is 8. The molecule has 0 rings (SSSR count). The van der Waals surface area contributed by atoms with Gasteiger partial charge in [0.05, 0.1) is 0 Å². The van der Waals surface area contributed by atoms with Crippen molar-refractivity contribution in [3.63, 3.8) is 0 Å². The highest BCUT2D eigenvalue weighted by Gasteiger charge is 2.01. The van der Waals surface area contributed by atoms with Crippen LogP contribution in [0.4, 0.5) is 0 Å². The lowest BCUT2D eigenvalue weighted by Gasteiger charge is -2.20. The Kier molecular flexibility index (Phi) is 8.39. The van der Waals surface area contributed by atoms with Gasteiger partial charge in [0, 0.05) is 13.1 Å². The van der Waals surface area contributed by atoms with Crippen LogP contribution in [0.15, 0.2) is 0 Å². The lowest BCUT2D eigenvalue weighted by atomic mass is 10.1. The van der Waals surface area contributed by atoms with Crippen molar-refractivity contribution in [2.75, 3.05) is 13.1 Å². The highest BCUT2D eigenvalue weighted by atomic mass is 15.2. The quantitative estimate of drug-likeness (QED) is 0.358. The van der Waals surface area contributed by atoms with Gasteiger partial charge in [-0.2, -0.15) is 0 Å². The van der Waals surface area contributed by atoms with Crippen LogP contribution < -0.4 is 5.73 Å². The minimum Gasteiger partial charge on any atom is -0.370 e. The predicted octanol–water partition coefficient (Wildman–Crippen LogP) is 2.56. The third-order valence-electron chi connectivity index (χ3n) is 2.50. The fourth-order valence-electron chi connectivity index (χ4n) is 1.53. The van der Waals surface area contributed by atoms with Crippen molar-refractivity contribution in [1.29, 1.82) is 5.41 Å². The van der Waals surface area contributed by atoms with Gasteiger partial charge in [-0.15, -0.1) is 0 Å². The molecule has 0 aliphatic heterocycles. The number of guanidine groups is 1. The standard InChI is InChI=1S/C11H25N3/c1-3-5-6-7-8-9-10-14(4-2)11(12)13/h3-10H2,1-2H3,(H3,12,13). The lowest BCUT2D eigenvalue weighted by Crippen LogP contribution is -2.36. The van der Waals surface area contributed by atoms with E-state index in [1.807, 2.05) is 11.8 Å². The summed E-state index contributed by atoms with van der Waals surface area (Å²) in [6.45, 7) is 6.06. The summed E-state index contributed by atoms with van der Waals surface area (Å²) >= 11 is 0. The van der Waals surface area contributed by atoms with Gasteiger partial charge < -0.3 is 10.6 Å². The average molecular weight is 199 g/mol. The molecule has 0 aromatic carbocycles. The second kappa shape index (κ2) is 8.85. The molecule has 14 heavy (non-hydrogen) atoms. The van der Waals surface area contributed by atoms with E-state index in [0.717, 1.165) is 19.5 Å². The topological polar surface area (TPSA) is 53.1 Å². The van der Waals surface area contributed by atoms with Gasteiger partial charge in [-0.1, -0.05) is 39.0 Å². The molecule has 0 aromatic heterocycles. The number of nitrogens with one attached hydrogen (secondary N) is 1. The Morgan fingerprint density at radius 3 is 2.14 bits per heavy atom. The summed E-state index contributed by atoms with van der Waals surface area (Å²) < 4.78 is 0. The van der Waals surface area contributed by atoms with Gasteiger partial charge in [-0.05, 0) is 13.3 Å². The minimum absolute atomic E-state index is 0.209. The van der Waals surface area contributed by atoms with E-state index in [-0.39, 0.29) is 5.96 Å². The first-order valence-electron chi connectivity index (χ1n) is 5.81. The van der Waals surface area contributed by atoms with Crippen LogP contribution in [0, 0.1) is 5.41 Å². The molecule has 0 saturated heterocycles. The number of unbranched alkanes of at least 4 members (excludes halogenated alkanes) is 5. The molecule has 0 radical (unpaired) electrons. The number of hydrogen-bond acceptors (Lipinski definition) is 1. The highest BCUT2D eigenvalue weighted by Crippen LogP contribution is 2.05. The minimum atomic E-state index is 0.209. The van der Waals surface area contributed by atoms with Crippen molar-refractivity contribution in [3.8, 4) is 0 Å². The van der Waals surface area contributed by atoms with Crippen LogP contribution in [-0.2, 0) is 0 Å².